The second-order valence-corrected chi connectivity index (χ2v) is 6.80. The van der Waals surface area contributed by atoms with Crippen molar-refractivity contribution in [2.75, 3.05) is 24.7 Å². The third-order valence-electron chi connectivity index (χ3n) is 4.18. The van der Waals surface area contributed by atoms with E-state index in [1.807, 2.05) is 36.2 Å². The number of hydrogen-bond donors (Lipinski definition) is 0. The van der Waals surface area contributed by atoms with E-state index in [4.69, 9.17) is 27.9 Å². The van der Waals surface area contributed by atoms with Crippen LogP contribution < -0.4 is 5.01 Å². The van der Waals surface area contributed by atoms with Crippen LogP contribution in [0.1, 0.15) is 12.5 Å². The third-order valence-corrected chi connectivity index (χ3v) is 4.72. The number of halogens is 2. The molecule has 0 aliphatic carbocycles. The Morgan fingerprint density at radius 1 is 1.16 bits per heavy atom. The fourth-order valence-corrected chi connectivity index (χ4v) is 3.54. The van der Waals surface area contributed by atoms with E-state index in [1.54, 1.807) is 12.1 Å². The highest BCUT2D eigenvalue weighted by Gasteiger charge is 2.36. The summed E-state index contributed by atoms with van der Waals surface area (Å²) < 4.78 is 5.21. The first kappa shape index (κ1) is 18.1. The number of anilines is 1. The van der Waals surface area contributed by atoms with Crippen molar-refractivity contribution >= 4 is 34.9 Å². The minimum atomic E-state index is -0.213. The van der Waals surface area contributed by atoms with Crippen molar-refractivity contribution in [2.24, 2.45) is 5.92 Å². The monoisotopic (exact) mass is 378 g/mol. The van der Waals surface area contributed by atoms with Crippen LogP contribution in [0.4, 0.5) is 5.69 Å². The Morgan fingerprint density at radius 3 is 2.60 bits per heavy atom. The van der Waals surface area contributed by atoms with Gasteiger partial charge in [0, 0.05) is 24.7 Å². The molecule has 0 bridgehead atoms. The van der Waals surface area contributed by atoms with E-state index in [0.717, 1.165) is 5.69 Å². The number of carbonyl (C=O) groups excluding carboxylic acids is 1. The smallest absolute Gasteiger partial charge is 0.312 e. The normalized spacial score (nSPS) is 17.7. The first-order valence-electron chi connectivity index (χ1n) is 8.26. The lowest BCUT2D eigenvalue weighted by atomic mass is 10.1. The Bertz CT molecular complexity index is 739. The van der Waals surface area contributed by atoms with Gasteiger partial charge in [-0.1, -0.05) is 53.5 Å². The highest BCUT2D eigenvalue weighted by molar-refractivity contribution is 6.36. The lowest BCUT2D eigenvalue weighted by molar-refractivity contribution is -0.147. The molecule has 1 aliphatic rings. The Balaban J connectivity index is 1.86. The zero-order chi connectivity index (χ0) is 17.8. The van der Waals surface area contributed by atoms with Crippen LogP contribution in [0.2, 0.25) is 10.0 Å². The largest absolute Gasteiger partial charge is 0.466 e. The van der Waals surface area contributed by atoms with Crippen molar-refractivity contribution in [3.8, 4) is 0 Å². The summed E-state index contributed by atoms with van der Waals surface area (Å²) >= 11 is 12.4. The van der Waals surface area contributed by atoms with Gasteiger partial charge in [0.25, 0.3) is 0 Å². The summed E-state index contributed by atoms with van der Waals surface area (Å²) in [5.41, 5.74) is 2.01. The summed E-state index contributed by atoms with van der Waals surface area (Å²) in [6, 6.07) is 15.6. The molecule has 0 radical (unpaired) electrons. The van der Waals surface area contributed by atoms with Gasteiger partial charge >= 0.3 is 5.97 Å². The number of rotatable bonds is 5. The minimum Gasteiger partial charge on any atom is -0.466 e. The Hall–Kier alpha value is -1.75. The zero-order valence-electron chi connectivity index (χ0n) is 14.0. The molecule has 3 rings (SSSR count). The van der Waals surface area contributed by atoms with Crippen LogP contribution in [0.3, 0.4) is 0 Å². The van der Waals surface area contributed by atoms with Crippen LogP contribution >= 0.6 is 23.2 Å². The first-order chi connectivity index (χ1) is 12.1. The van der Waals surface area contributed by atoms with E-state index in [0.29, 0.717) is 36.3 Å². The zero-order valence-corrected chi connectivity index (χ0v) is 15.5. The number of ether oxygens (including phenoxy) is 1. The lowest BCUT2D eigenvalue weighted by Gasteiger charge is -2.30. The fourth-order valence-electron chi connectivity index (χ4n) is 3.03. The minimum absolute atomic E-state index is 0.173. The third kappa shape index (κ3) is 4.27. The SMILES string of the molecule is CCOC(=O)C1CN(Cc2ccccc2)N(c2ccc(Cl)cc2Cl)C1. The molecule has 132 valence electrons. The molecule has 1 unspecified atom stereocenters. The molecule has 1 aliphatic heterocycles. The van der Waals surface area contributed by atoms with Crippen molar-refractivity contribution in [3.05, 3.63) is 64.1 Å². The van der Waals surface area contributed by atoms with Gasteiger partial charge in [-0.2, -0.15) is 0 Å². The van der Waals surface area contributed by atoms with Crippen LogP contribution in [0.15, 0.2) is 48.5 Å². The van der Waals surface area contributed by atoms with Gasteiger partial charge in [0.05, 0.1) is 23.2 Å². The molecule has 25 heavy (non-hydrogen) atoms. The molecule has 0 aromatic heterocycles. The van der Waals surface area contributed by atoms with Crippen LogP contribution in [-0.4, -0.2) is 30.7 Å². The van der Waals surface area contributed by atoms with E-state index >= 15 is 0 Å². The van der Waals surface area contributed by atoms with Crippen LogP contribution in [0.5, 0.6) is 0 Å². The summed E-state index contributed by atoms with van der Waals surface area (Å²) in [4.78, 5) is 12.2. The topological polar surface area (TPSA) is 32.8 Å². The number of carbonyl (C=O) groups is 1. The highest BCUT2D eigenvalue weighted by atomic mass is 35.5. The Kier molecular flexibility index (Phi) is 5.84. The van der Waals surface area contributed by atoms with Crippen molar-refractivity contribution in [3.63, 3.8) is 0 Å². The fraction of sp³-hybridized carbons (Fsp3) is 0.316. The second kappa shape index (κ2) is 8.09. The summed E-state index contributed by atoms with van der Waals surface area (Å²) in [5.74, 6) is -0.386. The number of nitrogens with zero attached hydrogens (tertiary/aromatic N) is 2. The molecular weight excluding hydrogens is 359 g/mol. The molecule has 2 aromatic rings. The molecule has 0 spiro atoms. The molecule has 1 atom stereocenters. The number of esters is 1. The lowest BCUT2D eigenvalue weighted by Crippen LogP contribution is -2.36. The quantitative estimate of drug-likeness (QED) is 0.721. The van der Waals surface area contributed by atoms with E-state index < -0.39 is 0 Å². The van der Waals surface area contributed by atoms with Gasteiger partial charge in [0.2, 0.25) is 0 Å². The van der Waals surface area contributed by atoms with Crippen LogP contribution in [0.25, 0.3) is 0 Å². The predicted octanol–water partition coefficient (Wildman–Crippen LogP) is 4.41. The van der Waals surface area contributed by atoms with Crippen LogP contribution in [-0.2, 0) is 16.1 Å². The molecule has 1 saturated heterocycles. The number of hydrazine groups is 1. The second-order valence-electron chi connectivity index (χ2n) is 5.96. The highest BCUT2D eigenvalue weighted by Crippen LogP contribution is 2.34. The van der Waals surface area contributed by atoms with Crippen LogP contribution in [0, 0.1) is 5.92 Å². The maximum Gasteiger partial charge on any atom is 0.312 e. The molecule has 0 N–H and O–H groups in total. The van der Waals surface area contributed by atoms with E-state index in [-0.39, 0.29) is 11.9 Å². The predicted molar refractivity (Wildman–Crippen MR) is 101 cm³/mol. The first-order valence-corrected chi connectivity index (χ1v) is 9.02. The standard InChI is InChI=1S/C19H20Cl2N2O2/c1-2-25-19(24)15-12-22(11-14-6-4-3-5-7-14)23(13-15)18-9-8-16(20)10-17(18)21/h3-10,15H,2,11-13H2,1H3. The van der Waals surface area contributed by atoms with E-state index in [2.05, 4.69) is 17.1 Å². The van der Waals surface area contributed by atoms with Gasteiger partial charge in [0.1, 0.15) is 0 Å². The van der Waals surface area contributed by atoms with E-state index in [9.17, 15) is 4.79 Å². The van der Waals surface area contributed by atoms with Gasteiger partial charge in [0.15, 0.2) is 0 Å². The molecule has 0 amide bonds. The average molecular weight is 379 g/mol. The molecule has 1 fully saturated rings. The molecular formula is C19H20Cl2N2O2. The Labute approximate surface area is 157 Å². The van der Waals surface area contributed by atoms with E-state index in [1.165, 1.54) is 5.56 Å². The maximum absolute atomic E-state index is 12.2. The Morgan fingerprint density at radius 2 is 1.92 bits per heavy atom. The summed E-state index contributed by atoms with van der Waals surface area (Å²) in [5, 5.41) is 5.33. The van der Waals surface area contributed by atoms with Crippen molar-refractivity contribution in [1.29, 1.82) is 0 Å². The molecule has 4 nitrogen and oxygen atoms in total. The van der Waals surface area contributed by atoms with Gasteiger partial charge in [-0.3, -0.25) is 4.79 Å². The van der Waals surface area contributed by atoms with Crippen molar-refractivity contribution in [1.82, 2.24) is 5.01 Å². The molecule has 6 heteroatoms. The number of hydrogen-bond acceptors (Lipinski definition) is 4. The van der Waals surface area contributed by atoms with Gasteiger partial charge in [-0.15, -0.1) is 0 Å². The van der Waals surface area contributed by atoms with Crippen molar-refractivity contribution in [2.45, 2.75) is 13.5 Å². The van der Waals surface area contributed by atoms with Crippen molar-refractivity contribution < 1.29 is 9.53 Å². The summed E-state index contributed by atoms with van der Waals surface area (Å²) in [7, 11) is 0. The van der Waals surface area contributed by atoms with Gasteiger partial charge in [-0.25, -0.2) is 5.01 Å². The van der Waals surface area contributed by atoms with Gasteiger partial charge < -0.3 is 9.75 Å². The summed E-state index contributed by atoms with van der Waals surface area (Å²) in [6.07, 6.45) is 0. The van der Waals surface area contributed by atoms with Gasteiger partial charge in [-0.05, 0) is 30.7 Å². The maximum atomic E-state index is 12.2. The average Bonchev–Trinajstić information content (AvgIpc) is 3.00. The molecule has 2 aromatic carbocycles. The number of benzene rings is 2. The summed E-state index contributed by atoms with van der Waals surface area (Å²) in [6.45, 7) is 4.02. The molecule has 0 saturated carbocycles. The molecule has 1 heterocycles.